The second kappa shape index (κ2) is 12.6. The van der Waals surface area contributed by atoms with Crippen LogP contribution in [0.4, 0.5) is 4.79 Å². The Kier molecular flexibility index (Phi) is 9.84. The van der Waals surface area contributed by atoms with E-state index < -0.39 is 17.8 Å². The van der Waals surface area contributed by atoms with E-state index in [9.17, 15) is 9.59 Å². The molecule has 0 spiro atoms. The normalized spacial score (nSPS) is 18.9. The van der Waals surface area contributed by atoms with E-state index in [0.717, 1.165) is 24.8 Å². The molecule has 3 rings (SSSR count). The van der Waals surface area contributed by atoms with Gasteiger partial charge in [-0.3, -0.25) is 4.79 Å². The van der Waals surface area contributed by atoms with Gasteiger partial charge in [-0.05, 0) is 78.0 Å². The van der Waals surface area contributed by atoms with Gasteiger partial charge in [-0.2, -0.15) is 0 Å². The molecule has 1 heterocycles. The molecular weight excluding hydrogens is 464 g/mol. The zero-order valence-corrected chi connectivity index (χ0v) is 22.3. The minimum Gasteiger partial charge on any atom is -0.490 e. The summed E-state index contributed by atoms with van der Waals surface area (Å²) in [5.74, 6) is 1.18. The highest BCUT2D eigenvalue weighted by molar-refractivity contribution is 5.83. The Balaban J connectivity index is 1.74. The van der Waals surface area contributed by atoms with Crippen LogP contribution in [0.5, 0.6) is 11.5 Å². The van der Waals surface area contributed by atoms with Crippen LogP contribution in [0.1, 0.15) is 71.9 Å². The molecule has 1 aliphatic carbocycles. The predicted molar refractivity (Wildman–Crippen MR) is 135 cm³/mol. The van der Waals surface area contributed by atoms with Crippen molar-refractivity contribution in [3.63, 3.8) is 0 Å². The summed E-state index contributed by atoms with van der Waals surface area (Å²) < 4.78 is 23.1. The van der Waals surface area contributed by atoms with Gasteiger partial charge in [0.2, 0.25) is 0 Å². The Hall–Kier alpha value is -2.52. The first-order valence-corrected chi connectivity index (χ1v) is 13.1. The summed E-state index contributed by atoms with van der Waals surface area (Å²) in [7, 11) is 0. The Morgan fingerprint density at radius 3 is 2.58 bits per heavy atom. The van der Waals surface area contributed by atoms with Gasteiger partial charge in [-0.25, -0.2) is 4.79 Å². The maximum Gasteiger partial charge on any atom is 0.410 e. The van der Waals surface area contributed by atoms with Crippen molar-refractivity contribution in [2.45, 2.75) is 84.1 Å². The molecule has 1 N–H and O–H groups in total. The number of amides is 2. The van der Waals surface area contributed by atoms with Gasteiger partial charge < -0.3 is 33.9 Å². The average molecular weight is 507 g/mol. The quantitative estimate of drug-likeness (QED) is 0.454. The third kappa shape index (κ3) is 7.74. The van der Waals surface area contributed by atoms with E-state index in [1.165, 1.54) is 0 Å². The van der Waals surface area contributed by atoms with Crippen LogP contribution >= 0.6 is 0 Å². The van der Waals surface area contributed by atoms with E-state index in [1.807, 2.05) is 57.7 Å². The lowest BCUT2D eigenvalue weighted by Gasteiger charge is -2.38. The lowest BCUT2D eigenvalue weighted by molar-refractivity contribution is -0.151. The maximum absolute atomic E-state index is 13.7. The predicted octanol–water partition coefficient (Wildman–Crippen LogP) is 3.92. The van der Waals surface area contributed by atoms with Gasteiger partial charge in [0, 0.05) is 19.2 Å². The summed E-state index contributed by atoms with van der Waals surface area (Å²) >= 11 is 0. The van der Waals surface area contributed by atoms with Crippen LogP contribution in [0, 0.1) is 0 Å². The van der Waals surface area contributed by atoms with E-state index in [1.54, 1.807) is 4.90 Å². The zero-order chi connectivity index (χ0) is 26.3. The zero-order valence-electron chi connectivity index (χ0n) is 22.3. The highest BCUT2D eigenvalue weighted by atomic mass is 16.6. The summed E-state index contributed by atoms with van der Waals surface area (Å²) in [6.45, 7) is 11.4. The molecule has 1 aromatic carbocycles. The van der Waals surface area contributed by atoms with Gasteiger partial charge >= 0.3 is 6.09 Å². The molecule has 2 atom stereocenters. The Morgan fingerprint density at radius 1 is 1.19 bits per heavy atom. The summed E-state index contributed by atoms with van der Waals surface area (Å²) in [5, 5.41) is 9.04. The van der Waals surface area contributed by atoms with Gasteiger partial charge in [0.05, 0.1) is 32.4 Å². The van der Waals surface area contributed by atoms with Crippen LogP contribution in [0.25, 0.3) is 0 Å². The van der Waals surface area contributed by atoms with E-state index in [2.05, 4.69) is 0 Å². The largest absolute Gasteiger partial charge is 0.490 e. The number of nitrogens with zero attached hydrogens (tertiary/aromatic N) is 2. The second-order valence-electron chi connectivity index (χ2n) is 10.4. The lowest BCUT2D eigenvalue weighted by atomic mass is 10.0. The fraction of sp³-hybridized carbons (Fsp3) is 0.704. The molecule has 36 heavy (non-hydrogen) atoms. The number of carbonyl (C=O) groups is 2. The van der Waals surface area contributed by atoms with Crippen molar-refractivity contribution in [1.29, 1.82) is 0 Å². The van der Waals surface area contributed by atoms with E-state index in [-0.39, 0.29) is 37.7 Å². The summed E-state index contributed by atoms with van der Waals surface area (Å²) in [6, 6.07) is 5.72. The lowest BCUT2D eigenvalue weighted by Crippen LogP contribution is -2.54. The Labute approximate surface area is 214 Å². The molecule has 1 aromatic rings. The van der Waals surface area contributed by atoms with E-state index >= 15 is 0 Å². The van der Waals surface area contributed by atoms with Crippen molar-refractivity contribution in [3.05, 3.63) is 23.8 Å². The van der Waals surface area contributed by atoms with Crippen LogP contribution in [-0.4, -0.2) is 84.2 Å². The number of ether oxygens (including phenoxy) is 4. The molecule has 1 saturated carbocycles. The van der Waals surface area contributed by atoms with Crippen molar-refractivity contribution in [2.75, 3.05) is 39.5 Å². The number of carbonyl (C=O) groups excluding carboxylic acids is 2. The summed E-state index contributed by atoms with van der Waals surface area (Å²) in [5.41, 5.74) is 0.338. The number of hydrogen-bond donors (Lipinski definition) is 1. The molecular formula is C27H42N2O7. The SMILES string of the molecule is CCOc1ccc([C@@H](C)N(C(=O)[C@H]2CN(C(=O)OC(C)(C)C)CCO2)C2CC2)cc1OCCCCO. The molecule has 2 aliphatic rings. The molecule has 0 radical (unpaired) electrons. The molecule has 9 heteroatoms. The summed E-state index contributed by atoms with van der Waals surface area (Å²) in [6.07, 6.45) is 2.14. The van der Waals surface area contributed by atoms with Crippen molar-refractivity contribution in [2.24, 2.45) is 0 Å². The number of aliphatic hydroxyl groups excluding tert-OH is 1. The molecule has 0 unspecified atom stereocenters. The van der Waals surface area contributed by atoms with Crippen LogP contribution < -0.4 is 9.47 Å². The standard InChI is InChI=1S/C27H42N2O7/c1-6-33-22-12-9-20(17-23(22)34-15-8-7-14-30)19(2)29(21-10-11-21)25(31)24-18-28(13-16-35-24)26(32)36-27(3,4)5/h9,12,17,19,21,24,30H,6-8,10-11,13-16,18H2,1-5H3/t19-,24-/m1/s1. The highest BCUT2D eigenvalue weighted by Crippen LogP contribution is 2.38. The molecule has 0 aromatic heterocycles. The Morgan fingerprint density at radius 2 is 1.94 bits per heavy atom. The van der Waals surface area contributed by atoms with Gasteiger partial charge in [0.15, 0.2) is 17.6 Å². The number of hydrogen-bond acceptors (Lipinski definition) is 7. The monoisotopic (exact) mass is 506 g/mol. The molecule has 1 saturated heterocycles. The third-order valence-electron chi connectivity index (χ3n) is 6.17. The molecule has 9 nitrogen and oxygen atoms in total. The van der Waals surface area contributed by atoms with Crippen molar-refractivity contribution < 1.29 is 33.6 Å². The first-order chi connectivity index (χ1) is 17.1. The average Bonchev–Trinajstić information content (AvgIpc) is 3.67. The van der Waals surface area contributed by atoms with Gasteiger partial charge in [-0.15, -0.1) is 0 Å². The molecule has 2 amide bonds. The Bertz CT molecular complexity index is 881. The van der Waals surface area contributed by atoms with Gasteiger partial charge in [-0.1, -0.05) is 6.07 Å². The highest BCUT2D eigenvalue weighted by Gasteiger charge is 2.42. The maximum atomic E-state index is 13.7. The second-order valence-corrected chi connectivity index (χ2v) is 10.4. The van der Waals surface area contributed by atoms with Crippen molar-refractivity contribution in [1.82, 2.24) is 9.80 Å². The van der Waals surface area contributed by atoms with Crippen LogP contribution in [-0.2, 0) is 14.3 Å². The first-order valence-electron chi connectivity index (χ1n) is 13.1. The number of benzene rings is 1. The minimum atomic E-state index is -0.730. The number of aliphatic hydroxyl groups is 1. The van der Waals surface area contributed by atoms with Crippen molar-refractivity contribution >= 4 is 12.0 Å². The number of morpholine rings is 1. The smallest absolute Gasteiger partial charge is 0.410 e. The summed E-state index contributed by atoms with van der Waals surface area (Å²) in [4.78, 5) is 29.7. The molecule has 0 bridgehead atoms. The van der Waals surface area contributed by atoms with Gasteiger partial charge in [0.25, 0.3) is 5.91 Å². The third-order valence-corrected chi connectivity index (χ3v) is 6.17. The molecule has 1 aliphatic heterocycles. The van der Waals surface area contributed by atoms with Gasteiger partial charge in [0.1, 0.15) is 5.60 Å². The fourth-order valence-corrected chi connectivity index (χ4v) is 4.23. The van der Waals surface area contributed by atoms with Crippen LogP contribution in [0.2, 0.25) is 0 Å². The fourth-order valence-electron chi connectivity index (χ4n) is 4.23. The van der Waals surface area contributed by atoms with E-state index in [4.69, 9.17) is 24.1 Å². The van der Waals surface area contributed by atoms with Crippen LogP contribution in [0.15, 0.2) is 18.2 Å². The van der Waals surface area contributed by atoms with Crippen LogP contribution in [0.3, 0.4) is 0 Å². The topological polar surface area (TPSA) is 97.8 Å². The van der Waals surface area contributed by atoms with Crippen molar-refractivity contribution in [3.8, 4) is 11.5 Å². The molecule has 2 fully saturated rings. The van der Waals surface area contributed by atoms with E-state index in [0.29, 0.717) is 37.7 Å². The molecule has 202 valence electrons. The number of rotatable bonds is 11. The number of unbranched alkanes of at least 4 members (excludes halogenated alkanes) is 1. The first kappa shape index (κ1) is 28.1. The minimum absolute atomic E-state index is 0.113.